The second-order valence-electron chi connectivity index (χ2n) is 5.15. The number of thiazole rings is 1. The average Bonchev–Trinajstić information content (AvgIpc) is 3.07. The third-order valence-corrected chi connectivity index (χ3v) is 4.38. The van der Waals surface area contributed by atoms with E-state index in [1.165, 1.54) is 16.9 Å². The third-order valence-electron chi connectivity index (χ3n) is 3.55. The first kappa shape index (κ1) is 15.4. The van der Waals surface area contributed by atoms with E-state index in [9.17, 15) is 9.59 Å². The van der Waals surface area contributed by atoms with Crippen molar-refractivity contribution in [2.75, 3.05) is 6.61 Å². The fourth-order valence-corrected chi connectivity index (χ4v) is 3.37. The van der Waals surface area contributed by atoms with Crippen molar-refractivity contribution >= 4 is 28.6 Å². The van der Waals surface area contributed by atoms with E-state index in [1.54, 1.807) is 11.3 Å². The van der Waals surface area contributed by atoms with E-state index in [-0.39, 0.29) is 12.4 Å². The number of carbonyl (C=O) groups is 2. The molecule has 0 atom stereocenters. The Bertz CT molecular complexity index is 862. The Morgan fingerprint density at radius 1 is 1.35 bits per heavy atom. The molecule has 0 fully saturated rings. The smallest absolute Gasteiger partial charge is 0.311 e. The first-order valence-electron chi connectivity index (χ1n) is 7.30. The summed E-state index contributed by atoms with van der Waals surface area (Å²) < 4.78 is 6.75. The van der Waals surface area contributed by atoms with Gasteiger partial charge in [0.05, 0.1) is 24.4 Å². The number of aldehydes is 1. The van der Waals surface area contributed by atoms with Crippen LogP contribution < -0.4 is 0 Å². The van der Waals surface area contributed by atoms with Crippen LogP contribution in [0.15, 0.2) is 29.6 Å². The molecule has 0 bridgehead atoms. The van der Waals surface area contributed by atoms with Gasteiger partial charge in [-0.25, -0.2) is 4.98 Å². The van der Waals surface area contributed by atoms with Crippen LogP contribution in [0.5, 0.6) is 0 Å². The molecule has 0 saturated carbocycles. The van der Waals surface area contributed by atoms with Crippen molar-refractivity contribution < 1.29 is 14.3 Å². The van der Waals surface area contributed by atoms with Crippen LogP contribution in [-0.4, -0.2) is 28.2 Å². The molecule has 118 valence electrons. The van der Waals surface area contributed by atoms with Gasteiger partial charge in [-0.15, -0.1) is 11.3 Å². The number of aromatic nitrogens is 2. The first-order chi connectivity index (χ1) is 11.1. The monoisotopic (exact) mass is 328 g/mol. The predicted molar refractivity (Wildman–Crippen MR) is 89.0 cm³/mol. The molecule has 0 radical (unpaired) electrons. The average molecular weight is 328 g/mol. The molecule has 0 N–H and O–H groups in total. The van der Waals surface area contributed by atoms with Gasteiger partial charge >= 0.3 is 5.97 Å². The van der Waals surface area contributed by atoms with E-state index in [4.69, 9.17) is 4.74 Å². The van der Waals surface area contributed by atoms with Crippen molar-refractivity contribution in [1.29, 1.82) is 0 Å². The van der Waals surface area contributed by atoms with E-state index in [0.29, 0.717) is 23.0 Å². The molecular formula is C17H16N2O3S. The molecule has 3 rings (SSSR count). The van der Waals surface area contributed by atoms with Crippen molar-refractivity contribution in [2.24, 2.45) is 0 Å². The zero-order valence-corrected chi connectivity index (χ0v) is 13.7. The second kappa shape index (κ2) is 6.34. The topological polar surface area (TPSA) is 60.7 Å². The van der Waals surface area contributed by atoms with Gasteiger partial charge in [-0.3, -0.25) is 14.0 Å². The number of nitrogens with zero attached hydrogens (tertiary/aromatic N) is 2. The number of hydrogen-bond acceptors (Lipinski definition) is 5. The fourth-order valence-electron chi connectivity index (χ4n) is 2.45. The lowest BCUT2D eigenvalue weighted by atomic mass is 10.1. The van der Waals surface area contributed by atoms with Crippen molar-refractivity contribution in [3.63, 3.8) is 0 Å². The summed E-state index contributed by atoms with van der Waals surface area (Å²) in [5, 5.41) is 1.97. The summed E-state index contributed by atoms with van der Waals surface area (Å²) in [5.41, 5.74) is 3.94. The summed E-state index contributed by atoms with van der Waals surface area (Å²) in [6.07, 6.45) is 0.753. The van der Waals surface area contributed by atoms with Crippen LogP contribution in [-0.2, 0) is 16.0 Å². The molecule has 0 spiro atoms. The number of esters is 1. The molecule has 23 heavy (non-hydrogen) atoms. The zero-order valence-electron chi connectivity index (χ0n) is 12.9. The van der Waals surface area contributed by atoms with E-state index in [1.807, 2.05) is 36.6 Å². The van der Waals surface area contributed by atoms with E-state index >= 15 is 0 Å². The molecule has 0 unspecified atom stereocenters. The second-order valence-corrected chi connectivity index (χ2v) is 5.98. The number of hydrogen-bond donors (Lipinski definition) is 0. The van der Waals surface area contributed by atoms with Gasteiger partial charge in [-0.2, -0.15) is 0 Å². The lowest BCUT2D eigenvalue weighted by Crippen LogP contribution is -2.09. The fraction of sp³-hybridized carbons (Fsp3) is 0.235. The minimum Gasteiger partial charge on any atom is -0.466 e. The molecule has 0 aliphatic rings. The van der Waals surface area contributed by atoms with Gasteiger partial charge in [0, 0.05) is 5.38 Å². The number of imidazole rings is 1. The molecule has 3 aromatic rings. The van der Waals surface area contributed by atoms with Crippen molar-refractivity contribution in [3.05, 3.63) is 46.6 Å². The van der Waals surface area contributed by atoms with Crippen LogP contribution in [0.4, 0.5) is 0 Å². The lowest BCUT2D eigenvalue weighted by molar-refractivity contribution is -0.142. The van der Waals surface area contributed by atoms with Crippen LogP contribution in [0.2, 0.25) is 0 Å². The highest BCUT2D eigenvalue weighted by molar-refractivity contribution is 7.15. The Labute approximate surface area is 137 Å². The third kappa shape index (κ3) is 2.90. The Hall–Kier alpha value is -2.47. The number of rotatable bonds is 5. The van der Waals surface area contributed by atoms with Gasteiger partial charge < -0.3 is 4.74 Å². The Morgan fingerprint density at radius 2 is 2.09 bits per heavy atom. The minimum atomic E-state index is -0.377. The van der Waals surface area contributed by atoms with E-state index < -0.39 is 0 Å². The Morgan fingerprint density at radius 3 is 2.74 bits per heavy atom. The molecule has 6 heteroatoms. The standard InChI is InChI=1S/C17H16N2O3S/c1-3-22-16(21)8-13-14(9-20)19-15(10-23-17(19)18-13)12-6-4-11(2)5-7-12/h4-7,9-10H,3,8H2,1-2H3. The summed E-state index contributed by atoms with van der Waals surface area (Å²) in [5.74, 6) is -0.377. The maximum absolute atomic E-state index is 11.7. The minimum absolute atomic E-state index is 0.00362. The summed E-state index contributed by atoms with van der Waals surface area (Å²) in [4.78, 5) is 28.4. The number of fused-ring (bicyclic) bond motifs is 1. The van der Waals surface area contributed by atoms with Crippen LogP contribution in [0.3, 0.4) is 0 Å². The normalized spacial score (nSPS) is 10.9. The SMILES string of the molecule is CCOC(=O)Cc1nc2scc(-c3ccc(C)cc3)n2c1C=O. The van der Waals surface area contributed by atoms with Crippen LogP contribution in [0.25, 0.3) is 16.2 Å². The maximum atomic E-state index is 11.7. The Balaban J connectivity index is 2.08. The van der Waals surface area contributed by atoms with Crippen molar-refractivity contribution in [1.82, 2.24) is 9.38 Å². The van der Waals surface area contributed by atoms with Crippen molar-refractivity contribution in [3.8, 4) is 11.3 Å². The Kier molecular flexibility index (Phi) is 4.25. The number of carbonyl (C=O) groups excluding carboxylic acids is 2. The van der Waals surface area contributed by atoms with Gasteiger partial charge in [0.1, 0.15) is 5.69 Å². The molecule has 0 saturated heterocycles. The van der Waals surface area contributed by atoms with Crippen LogP contribution in [0, 0.1) is 6.92 Å². The number of ether oxygens (including phenoxy) is 1. The zero-order chi connectivity index (χ0) is 16.4. The van der Waals surface area contributed by atoms with Crippen molar-refractivity contribution in [2.45, 2.75) is 20.3 Å². The maximum Gasteiger partial charge on any atom is 0.311 e. The lowest BCUT2D eigenvalue weighted by Gasteiger charge is -2.03. The molecule has 0 aliphatic heterocycles. The van der Waals surface area contributed by atoms with Gasteiger partial charge in [0.2, 0.25) is 0 Å². The molecule has 2 heterocycles. The summed E-state index contributed by atoms with van der Waals surface area (Å²) >= 11 is 1.44. The number of benzene rings is 1. The summed E-state index contributed by atoms with van der Waals surface area (Å²) in [7, 11) is 0. The van der Waals surface area contributed by atoms with Gasteiger partial charge in [0.25, 0.3) is 0 Å². The highest BCUT2D eigenvalue weighted by Gasteiger charge is 2.19. The highest BCUT2D eigenvalue weighted by Crippen LogP contribution is 2.28. The van der Waals surface area contributed by atoms with E-state index in [2.05, 4.69) is 4.98 Å². The first-order valence-corrected chi connectivity index (χ1v) is 8.18. The van der Waals surface area contributed by atoms with Gasteiger partial charge in [-0.1, -0.05) is 29.8 Å². The van der Waals surface area contributed by atoms with Crippen LogP contribution in [0.1, 0.15) is 28.7 Å². The molecule has 0 aliphatic carbocycles. The van der Waals surface area contributed by atoms with Crippen LogP contribution >= 0.6 is 11.3 Å². The van der Waals surface area contributed by atoms with Gasteiger partial charge in [0.15, 0.2) is 11.2 Å². The largest absolute Gasteiger partial charge is 0.466 e. The molecule has 2 aromatic heterocycles. The quantitative estimate of drug-likeness (QED) is 0.533. The summed E-state index contributed by atoms with van der Waals surface area (Å²) in [6, 6.07) is 8.07. The summed E-state index contributed by atoms with van der Waals surface area (Å²) in [6.45, 7) is 4.09. The van der Waals surface area contributed by atoms with Gasteiger partial charge in [-0.05, 0) is 19.4 Å². The number of aryl methyl sites for hydroxylation is 1. The molecular weight excluding hydrogens is 312 g/mol. The van der Waals surface area contributed by atoms with E-state index in [0.717, 1.165) is 17.5 Å². The molecule has 1 aromatic carbocycles. The predicted octanol–water partition coefficient (Wildman–Crippen LogP) is 3.29. The highest BCUT2D eigenvalue weighted by atomic mass is 32.1. The molecule has 5 nitrogen and oxygen atoms in total. The molecule has 0 amide bonds.